The lowest BCUT2D eigenvalue weighted by atomic mass is 10.1. The molecule has 0 aliphatic carbocycles. The van der Waals surface area contributed by atoms with E-state index < -0.39 is 0 Å². The summed E-state index contributed by atoms with van der Waals surface area (Å²) in [5.41, 5.74) is 2.71. The van der Waals surface area contributed by atoms with Gasteiger partial charge in [-0.05, 0) is 43.2 Å². The van der Waals surface area contributed by atoms with E-state index in [0.29, 0.717) is 12.2 Å². The minimum absolute atomic E-state index is 0.231. The molecule has 4 rings (SSSR count). The quantitative estimate of drug-likeness (QED) is 0.660. The van der Waals surface area contributed by atoms with Gasteiger partial charge in [0.05, 0.1) is 23.4 Å². The van der Waals surface area contributed by atoms with Crippen LogP contribution >= 0.6 is 11.8 Å². The summed E-state index contributed by atoms with van der Waals surface area (Å²) >= 11 is 1.03. The summed E-state index contributed by atoms with van der Waals surface area (Å²) in [6, 6.07) is 13.2. The van der Waals surface area contributed by atoms with Crippen molar-refractivity contribution in [3.8, 4) is 11.5 Å². The molecule has 1 fully saturated rings. The highest BCUT2D eigenvalue weighted by molar-refractivity contribution is 8.15. The van der Waals surface area contributed by atoms with Gasteiger partial charge in [-0.2, -0.15) is 0 Å². The lowest BCUT2D eigenvalue weighted by Gasteiger charge is -2.13. The van der Waals surface area contributed by atoms with Crippen LogP contribution in [0.4, 0.5) is 4.79 Å². The summed E-state index contributed by atoms with van der Waals surface area (Å²) in [7, 11) is 1.63. The number of carbonyl (C=O) groups excluding carboxylic acids is 2. The van der Waals surface area contributed by atoms with Gasteiger partial charge in [-0.1, -0.05) is 23.9 Å². The van der Waals surface area contributed by atoms with E-state index in [-0.39, 0.29) is 22.5 Å². The largest absolute Gasteiger partial charge is 0.497 e. The number of hydrogen-bond donors (Lipinski definition) is 2. The van der Waals surface area contributed by atoms with Crippen LogP contribution in [-0.2, 0) is 11.2 Å². The van der Waals surface area contributed by atoms with Crippen LogP contribution in [-0.4, -0.2) is 33.5 Å². The molecule has 2 unspecified atom stereocenters. The van der Waals surface area contributed by atoms with Gasteiger partial charge in [0.15, 0.2) is 6.10 Å². The highest BCUT2D eigenvalue weighted by Gasteiger charge is 2.31. The number of aromatic nitrogens is 2. The van der Waals surface area contributed by atoms with Crippen molar-refractivity contribution in [3.05, 3.63) is 53.9 Å². The third-order valence-electron chi connectivity index (χ3n) is 4.52. The fraction of sp³-hybridized carbons (Fsp3) is 0.250. The molecular formula is C20H19N3O4S. The second kappa shape index (κ2) is 7.55. The Labute approximate surface area is 165 Å². The lowest BCUT2D eigenvalue weighted by molar-refractivity contribution is -0.118. The van der Waals surface area contributed by atoms with Gasteiger partial charge < -0.3 is 14.5 Å². The van der Waals surface area contributed by atoms with Crippen molar-refractivity contribution in [1.82, 2.24) is 15.3 Å². The van der Waals surface area contributed by atoms with Crippen molar-refractivity contribution in [1.29, 1.82) is 0 Å². The zero-order valence-electron chi connectivity index (χ0n) is 15.4. The molecule has 0 spiro atoms. The maximum Gasteiger partial charge on any atom is 0.286 e. The van der Waals surface area contributed by atoms with Crippen LogP contribution in [0.5, 0.6) is 11.5 Å². The summed E-state index contributed by atoms with van der Waals surface area (Å²) in [6.07, 6.45) is 0.238. The monoisotopic (exact) mass is 397 g/mol. The van der Waals surface area contributed by atoms with Crippen molar-refractivity contribution in [3.63, 3.8) is 0 Å². The number of ether oxygens (including phenoxy) is 2. The molecule has 0 radical (unpaired) electrons. The Hall–Kier alpha value is -3.00. The third kappa shape index (κ3) is 3.82. The summed E-state index contributed by atoms with van der Waals surface area (Å²) < 4.78 is 11.2. The number of imide groups is 1. The zero-order valence-corrected chi connectivity index (χ0v) is 16.2. The van der Waals surface area contributed by atoms with Crippen molar-refractivity contribution in [2.24, 2.45) is 0 Å². The number of hydrogen-bond acceptors (Lipinski definition) is 6. The first-order valence-corrected chi connectivity index (χ1v) is 9.70. The third-order valence-corrected chi connectivity index (χ3v) is 5.50. The molecule has 2 N–H and O–H groups in total. The molecule has 2 atom stereocenters. The highest BCUT2D eigenvalue weighted by atomic mass is 32.2. The van der Waals surface area contributed by atoms with Crippen molar-refractivity contribution in [2.75, 3.05) is 7.11 Å². The Morgan fingerprint density at radius 2 is 1.89 bits per heavy atom. The number of benzene rings is 2. The SMILES string of the molecule is COc1ccc2nc(C(C)Oc3ccc(CC4SC(=O)NC4=O)cc3)[nH]c2c1. The Balaban J connectivity index is 1.42. The number of amides is 2. The summed E-state index contributed by atoms with van der Waals surface area (Å²) in [6.45, 7) is 1.92. The molecular weight excluding hydrogens is 378 g/mol. The number of rotatable bonds is 6. The topological polar surface area (TPSA) is 93.3 Å². The summed E-state index contributed by atoms with van der Waals surface area (Å²) in [5.74, 6) is 1.96. The number of fused-ring (bicyclic) bond motifs is 1. The number of methoxy groups -OCH3 is 1. The molecule has 7 nitrogen and oxygen atoms in total. The molecule has 144 valence electrons. The standard InChI is InChI=1S/C20H19N3O4S/c1-11(18-21-15-8-7-14(26-2)10-16(15)22-18)27-13-5-3-12(4-6-13)9-17-19(24)23-20(25)28-17/h3-8,10-11,17H,9H2,1-2H3,(H,21,22)(H,23,24,25). The van der Waals surface area contributed by atoms with E-state index in [0.717, 1.165) is 39.9 Å². The molecule has 1 saturated heterocycles. The smallest absolute Gasteiger partial charge is 0.286 e. The number of nitrogens with one attached hydrogen (secondary N) is 2. The molecule has 28 heavy (non-hydrogen) atoms. The van der Waals surface area contributed by atoms with Gasteiger partial charge in [-0.15, -0.1) is 0 Å². The molecule has 3 aromatic rings. The van der Waals surface area contributed by atoms with Gasteiger partial charge in [-0.25, -0.2) is 4.98 Å². The molecule has 0 saturated carbocycles. The maximum atomic E-state index is 11.7. The first-order valence-electron chi connectivity index (χ1n) is 8.82. The van der Waals surface area contributed by atoms with Crippen molar-refractivity contribution < 1.29 is 19.1 Å². The van der Waals surface area contributed by atoms with E-state index in [1.54, 1.807) is 7.11 Å². The Morgan fingerprint density at radius 3 is 2.57 bits per heavy atom. The highest BCUT2D eigenvalue weighted by Crippen LogP contribution is 2.26. The van der Waals surface area contributed by atoms with Crippen molar-refractivity contribution >= 4 is 33.9 Å². The van der Waals surface area contributed by atoms with E-state index in [1.807, 2.05) is 49.4 Å². The van der Waals surface area contributed by atoms with Crippen LogP contribution in [0.2, 0.25) is 0 Å². The first-order chi connectivity index (χ1) is 13.5. The minimum Gasteiger partial charge on any atom is -0.497 e. The normalized spacial score (nSPS) is 17.6. The Bertz CT molecular complexity index is 1030. The van der Waals surface area contributed by atoms with Crippen LogP contribution < -0.4 is 14.8 Å². The number of H-pyrrole nitrogens is 1. The van der Waals surface area contributed by atoms with Gasteiger partial charge in [0, 0.05) is 6.07 Å². The maximum absolute atomic E-state index is 11.7. The molecule has 0 bridgehead atoms. The molecule has 1 aromatic heterocycles. The van der Waals surface area contributed by atoms with Crippen LogP contribution in [0, 0.1) is 0 Å². The van der Waals surface area contributed by atoms with Gasteiger partial charge >= 0.3 is 0 Å². The molecule has 2 heterocycles. The molecule has 2 amide bonds. The lowest BCUT2D eigenvalue weighted by Crippen LogP contribution is -2.25. The number of aromatic amines is 1. The zero-order chi connectivity index (χ0) is 19.7. The fourth-order valence-electron chi connectivity index (χ4n) is 3.03. The van der Waals surface area contributed by atoms with Gasteiger partial charge in [0.2, 0.25) is 5.91 Å². The van der Waals surface area contributed by atoms with Crippen LogP contribution in [0.15, 0.2) is 42.5 Å². The summed E-state index contributed by atoms with van der Waals surface area (Å²) in [4.78, 5) is 30.8. The Morgan fingerprint density at radius 1 is 1.14 bits per heavy atom. The van der Waals surface area contributed by atoms with Gasteiger partial charge in [0.25, 0.3) is 5.24 Å². The first kappa shape index (κ1) is 18.4. The van der Waals surface area contributed by atoms with Crippen LogP contribution in [0.3, 0.4) is 0 Å². The minimum atomic E-state index is -0.370. The van der Waals surface area contributed by atoms with Gasteiger partial charge in [0.1, 0.15) is 17.3 Å². The predicted molar refractivity (Wildman–Crippen MR) is 107 cm³/mol. The summed E-state index contributed by atoms with van der Waals surface area (Å²) in [5, 5.41) is 1.65. The van der Waals surface area contributed by atoms with Crippen LogP contribution in [0.25, 0.3) is 11.0 Å². The number of carbonyl (C=O) groups is 2. The van der Waals surface area contributed by atoms with E-state index >= 15 is 0 Å². The molecule has 2 aromatic carbocycles. The van der Waals surface area contributed by atoms with E-state index in [4.69, 9.17) is 9.47 Å². The van der Waals surface area contributed by atoms with Crippen LogP contribution in [0.1, 0.15) is 24.4 Å². The average Bonchev–Trinajstić information content (AvgIpc) is 3.25. The fourth-order valence-corrected chi connectivity index (χ4v) is 3.89. The number of nitrogens with zero attached hydrogens (tertiary/aromatic N) is 1. The second-order valence-corrected chi connectivity index (χ2v) is 7.67. The van der Waals surface area contributed by atoms with Crippen molar-refractivity contribution in [2.45, 2.75) is 24.7 Å². The van der Waals surface area contributed by atoms with E-state index in [9.17, 15) is 9.59 Å². The number of imidazole rings is 1. The predicted octanol–water partition coefficient (Wildman–Crippen LogP) is 3.61. The van der Waals surface area contributed by atoms with E-state index in [2.05, 4.69) is 15.3 Å². The molecule has 8 heteroatoms. The second-order valence-electron chi connectivity index (χ2n) is 6.50. The number of thioether (sulfide) groups is 1. The average molecular weight is 397 g/mol. The van der Waals surface area contributed by atoms with Gasteiger partial charge in [-0.3, -0.25) is 14.9 Å². The molecule has 1 aliphatic heterocycles. The molecule has 1 aliphatic rings. The van der Waals surface area contributed by atoms with E-state index in [1.165, 1.54) is 0 Å². The Kier molecular flexibility index (Phi) is 4.95.